The Morgan fingerprint density at radius 3 is 2.84 bits per heavy atom. The third kappa shape index (κ3) is 2.07. The molecule has 0 fully saturated rings. The topological polar surface area (TPSA) is 74.5 Å². The molecule has 1 N–H and O–H groups in total. The summed E-state index contributed by atoms with van der Waals surface area (Å²) in [6.07, 6.45) is 6.57. The molecule has 0 aliphatic heterocycles. The van der Waals surface area contributed by atoms with Crippen LogP contribution in [0.25, 0.3) is 10.8 Å². The number of nitriles is 1. The third-order valence-electron chi connectivity index (χ3n) is 2.74. The normalized spacial score (nSPS) is 10.1. The Morgan fingerprint density at radius 1 is 1.05 bits per heavy atom. The Hall–Kier alpha value is -3.00. The predicted molar refractivity (Wildman–Crippen MR) is 71.8 cm³/mol. The Balaban J connectivity index is 2.09. The molecule has 0 unspecified atom stereocenters. The molecule has 0 aliphatic carbocycles. The Kier molecular flexibility index (Phi) is 2.75. The van der Waals surface area contributed by atoms with Crippen LogP contribution in [0.1, 0.15) is 5.69 Å². The standard InChI is InChI=1S/C14H9N5/c15-8-13-14(18-7-6-17-13)19-12-3-1-2-10-9-16-5-4-11(10)12/h1-7,9H,(H,18,19). The maximum Gasteiger partial charge on any atom is 0.183 e. The largest absolute Gasteiger partial charge is 0.337 e. The lowest BCUT2D eigenvalue weighted by atomic mass is 10.1. The maximum absolute atomic E-state index is 9.01. The van der Waals surface area contributed by atoms with E-state index in [2.05, 4.69) is 20.3 Å². The summed E-state index contributed by atoms with van der Waals surface area (Å²) in [5.41, 5.74) is 1.14. The Bertz CT molecular complexity index is 771. The summed E-state index contributed by atoms with van der Waals surface area (Å²) in [6.45, 7) is 0. The SMILES string of the molecule is N#Cc1nccnc1Nc1cccc2cnccc12. The molecule has 19 heavy (non-hydrogen) atoms. The van der Waals surface area contributed by atoms with Gasteiger partial charge in [0.25, 0.3) is 0 Å². The number of anilines is 2. The van der Waals surface area contributed by atoms with Crippen LogP contribution >= 0.6 is 0 Å². The van der Waals surface area contributed by atoms with E-state index in [1.807, 2.05) is 30.3 Å². The first-order valence-corrected chi connectivity index (χ1v) is 5.69. The highest BCUT2D eigenvalue weighted by Gasteiger charge is 2.06. The lowest BCUT2D eigenvalue weighted by Gasteiger charge is -2.09. The van der Waals surface area contributed by atoms with Crippen molar-refractivity contribution in [2.24, 2.45) is 0 Å². The van der Waals surface area contributed by atoms with Gasteiger partial charge in [-0.1, -0.05) is 12.1 Å². The number of hydrogen-bond acceptors (Lipinski definition) is 5. The van der Waals surface area contributed by atoms with E-state index in [4.69, 9.17) is 5.26 Å². The summed E-state index contributed by atoms with van der Waals surface area (Å²) < 4.78 is 0. The van der Waals surface area contributed by atoms with Gasteiger partial charge in [0.05, 0.1) is 0 Å². The second kappa shape index (κ2) is 4.70. The van der Waals surface area contributed by atoms with Gasteiger partial charge in [-0.05, 0) is 12.1 Å². The second-order valence-corrected chi connectivity index (χ2v) is 3.89. The van der Waals surface area contributed by atoms with Crippen LogP contribution < -0.4 is 5.32 Å². The molecule has 0 saturated carbocycles. The molecule has 2 aromatic heterocycles. The Morgan fingerprint density at radius 2 is 1.95 bits per heavy atom. The molecule has 3 aromatic rings. The van der Waals surface area contributed by atoms with Gasteiger partial charge in [-0.3, -0.25) is 4.98 Å². The monoisotopic (exact) mass is 247 g/mol. The fourth-order valence-corrected chi connectivity index (χ4v) is 1.87. The summed E-state index contributed by atoms with van der Waals surface area (Å²) in [5, 5.41) is 14.2. The number of nitrogens with zero attached hydrogens (tertiary/aromatic N) is 4. The van der Waals surface area contributed by atoms with Crippen LogP contribution in [-0.2, 0) is 0 Å². The van der Waals surface area contributed by atoms with Crippen molar-refractivity contribution in [3.63, 3.8) is 0 Å². The van der Waals surface area contributed by atoms with Crippen molar-refractivity contribution in [2.45, 2.75) is 0 Å². The molecular formula is C14H9N5. The van der Waals surface area contributed by atoms with Crippen LogP contribution in [-0.4, -0.2) is 15.0 Å². The van der Waals surface area contributed by atoms with Gasteiger partial charge >= 0.3 is 0 Å². The minimum Gasteiger partial charge on any atom is -0.337 e. The zero-order valence-electron chi connectivity index (χ0n) is 9.91. The van der Waals surface area contributed by atoms with Gasteiger partial charge in [0.1, 0.15) is 6.07 Å². The quantitative estimate of drug-likeness (QED) is 0.753. The van der Waals surface area contributed by atoms with Crippen LogP contribution in [0.4, 0.5) is 11.5 Å². The van der Waals surface area contributed by atoms with Gasteiger partial charge in [-0.15, -0.1) is 0 Å². The summed E-state index contributed by atoms with van der Waals surface area (Å²) in [4.78, 5) is 12.2. The lowest BCUT2D eigenvalue weighted by molar-refractivity contribution is 1.16. The number of aromatic nitrogens is 3. The number of hydrogen-bond donors (Lipinski definition) is 1. The van der Waals surface area contributed by atoms with Crippen molar-refractivity contribution in [3.05, 3.63) is 54.7 Å². The molecular weight excluding hydrogens is 238 g/mol. The van der Waals surface area contributed by atoms with Gasteiger partial charge in [-0.25, -0.2) is 9.97 Å². The molecule has 0 aliphatic rings. The first kappa shape index (κ1) is 11.1. The van der Waals surface area contributed by atoms with Crippen molar-refractivity contribution in [1.82, 2.24) is 15.0 Å². The van der Waals surface area contributed by atoms with Crippen molar-refractivity contribution in [2.75, 3.05) is 5.32 Å². The van der Waals surface area contributed by atoms with Gasteiger partial charge in [-0.2, -0.15) is 5.26 Å². The number of benzene rings is 1. The fraction of sp³-hybridized carbons (Fsp3) is 0. The van der Waals surface area contributed by atoms with E-state index >= 15 is 0 Å². The van der Waals surface area contributed by atoms with Crippen molar-refractivity contribution < 1.29 is 0 Å². The molecule has 0 saturated heterocycles. The zero-order chi connectivity index (χ0) is 13.1. The van der Waals surface area contributed by atoms with Crippen LogP contribution in [0.3, 0.4) is 0 Å². The summed E-state index contributed by atoms with van der Waals surface area (Å²) in [6, 6.07) is 9.77. The predicted octanol–water partition coefficient (Wildman–Crippen LogP) is 2.64. The molecule has 2 heterocycles. The molecule has 0 bridgehead atoms. The zero-order valence-corrected chi connectivity index (χ0v) is 9.91. The van der Waals surface area contributed by atoms with E-state index < -0.39 is 0 Å². The van der Waals surface area contributed by atoms with Gasteiger partial charge in [0, 0.05) is 41.2 Å². The molecule has 5 heteroatoms. The average Bonchev–Trinajstić information content (AvgIpc) is 2.48. The van der Waals surface area contributed by atoms with Gasteiger partial charge in [0.15, 0.2) is 11.5 Å². The number of pyridine rings is 1. The first-order valence-electron chi connectivity index (χ1n) is 5.69. The molecule has 3 rings (SSSR count). The maximum atomic E-state index is 9.01. The minimum absolute atomic E-state index is 0.272. The van der Waals surface area contributed by atoms with Crippen molar-refractivity contribution >= 4 is 22.3 Å². The minimum atomic E-state index is 0.272. The smallest absolute Gasteiger partial charge is 0.183 e. The van der Waals surface area contributed by atoms with E-state index in [0.717, 1.165) is 16.5 Å². The lowest BCUT2D eigenvalue weighted by Crippen LogP contribution is -1.99. The second-order valence-electron chi connectivity index (χ2n) is 3.89. The van der Waals surface area contributed by atoms with E-state index in [-0.39, 0.29) is 5.69 Å². The highest BCUT2D eigenvalue weighted by Crippen LogP contribution is 2.25. The number of rotatable bonds is 2. The van der Waals surface area contributed by atoms with Crippen LogP contribution in [0, 0.1) is 11.3 Å². The molecule has 0 amide bonds. The molecule has 5 nitrogen and oxygen atoms in total. The number of fused-ring (bicyclic) bond motifs is 1. The van der Waals surface area contributed by atoms with Crippen molar-refractivity contribution in [3.8, 4) is 6.07 Å². The number of nitrogens with one attached hydrogen (secondary N) is 1. The van der Waals surface area contributed by atoms with Crippen LogP contribution in [0.15, 0.2) is 49.1 Å². The fourth-order valence-electron chi connectivity index (χ4n) is 1.87. The summed E-state index contributed by atoms with van der Waals surface area (Å²) in [5.74, 6) is 0.453. The highest BCUT2D eigenvalue weighted by molar-refractivity contribution is 5.94. The molecule has 90 valence electrons. The highest BCUT2D eigenvalue weighted by atomic mass is 15.0. The van der Waals surface area contributed by atoms with Crippen molar-refractivity contribution in [1.29, 1.82) is 5.26 Å². The molecule has 0 spiro atoms. The summed E-state index contributed by atoms with van der Waals surface area (Å²) >= 11 is 0. The van der Waals surface area contributed by atoms with Gasteiger partial charge in [0.2, 0.25) is 0 Å². The third-order valence-corrected chi connectivity index (χ3v) is 2.74. The van der Waals surface area contributed by atoms with Crippen LogP contribution in [0.5, 0.6) is 0 Å². The van der Waals surface area contributed by atoms with Gasteiger partial charge < -0.3 is 5.32 Å². The molecule has 0 radical (unpaired) electrons. The van der Waals surface area contributed by atoms with E-state index in [1.54, 1.807) is 18.6 Å². The first-order chi connectivity index (χ1) is 9.38. The summed E-state index contributed by atoms with van der Waals surface area (Å²) in [7, 11) is 0. The molecule has 0 atom stereocenters. The average molecular weight is 247 g/mol. The molecule has 1 aromatic carbocycles. The van der Waals surface area contributed by atoms with E-state index in [9.17, 15) is 0 Å². The Labute approximate surface area is 109 Å². The van der Waals surface area contributed by atoms with E-state index in [0.29, 0.717) is 5.82 Å². The van der Waals surface area contributed by atoms with E-state index in [1.165, 1.54) is 6.20 Å². The van der Waals surface area contributed by atoms with Crippen LogP contribution in [0.2, 0.25) is 0 Å².